The molecule has 152 valence electrons. The number of amides is 1. The van der Waals surface area contributed by atoms with Gasteiger partial charge in [-0.1, -0.05) is 0 Å². The third-order valence-corrected chi connectivity index (χ3v) is 6.37. The largest absolute Gasteiger partial charge is 1.00 e. The van der Waals surface area contributed by atoms with E-state index in [4.69, 9.17) is 24.5 Å². The molecule has 0 spiro atoms. The van der Waals surface area contributed by atoms with Crippen LogP contribution in [0.5, 0.6) is 0 Å². The van der Waals surface area contributed by atoms with Crippen molar-refractivity contribution in [3.8, 4) is 6.07 Å². The first-order valence-corrected chi connectivity index (χ1v) is 10.9. The third-order valence-electron chi connectivity index (χ3n) is 6.37. The summed E-state index contributed by atoms with van der Waals surface area (Å²) in [4.78, 5) is 38.4. The van der Waals surface area contributed by atoms with Crippen molar-refractivity contribution in [2.75, 3.05) is 13.1 Å². The van der Waals surface area contributed by atoms with Crippen molar-refractivity contribution in [2.24, 2.45) is 11.8 Å². The molecule has 5 aliphatic rings. The Balaban J connectivity index is 0.000000420. The molecule has 5 rings (SSSR count). The van der Waals surface area contributed by atoms with Gasteiger partial charge in [-0.3, -0.25) is 4.79 Å². The predicted octanol–water partition coefficient (Wildman–Crippen LogP) is -4.01. The molecule has 28 heavy (non-hydrogen) atoms. The van der Waals surface area contributed by atoms with Crippen LogP contribution < -0.4 is 66.5 Å². The minimum absolute atomic E-state index is 0. The van der Waals surface area contributed by atoms with Gasteiger partial charge in [0.15, 0.2) is 0 Å². The molecular weight excluding hydrogens is 412 g/mol. The van der Waals surface area contributed by atoms with E-state index in [0.29, 0.717) is 24.9 Å². The predicted molar refractivity (Wildman–Crippen MR) is 90.5 cm³/mol. The molecule has 9 nitrogen and oxygen atoms in total. The number of hydrogen-bond donors (Lipinski definition) is 3. The van der Waals surface area contributed by atoms with E-state index in [2.05, 4.69) is 11.4 Å². The fraction of sp³-hybridized carbons (Fsp3) is 0.882. The molecule has 4 saturated carbocycles. The SMILES string of the molecule is N#C[C@@H]1CCCN1C(=O)CNC12CC3CC(CC(O)(C3)C1)C2.O=P([O-])([O-])O.[K+]. The van der Waals surface area contributed by atoms with Crippen LogP contribution in [-0.2, 0) is 9.36 Å². The molecule has 0 aromatic heterocycles. The van der Waals surface area contributed by atoms with Crippen molar-refractivity contribution < 1.29 is 80.5 Å². The van der Waals surface area contributed by atoms with E-state index in [1.54, 1.807) is 4.90 Å². The molecule has 1 aliphatic heterocycles. The molecule has 2 unspecified atom stereocenters. The molecule has 1 saturated heterocycles. The van der Waals surface area contributed by atoms with Gasteiger partial charge in [-0.25, -0.2) is 0 Å². The number of hydrogen-bond acceptors (Lipinski definition) is 7. The molecule has 3 atom stereocenters. The van der Waals surface area contributed by atoms with E-state index in [9.17, 15) is 9.90 Å². The average Bonchev–Trinajstić information content (AvgIpc) is 2.97. The van der Waals surface area contributed by atoms with Crippen LogP contribution in [0.3, 0.4) is 0 Å². The van der Waals surface area contributed by atoms with Crippen molar-refractivity contribution >= 4 is 13.7 Å². The first-order chi connectivity index (χ1) is 12.5. The Labute approximate surface area is 207 Å². The van der Waals surface area contributed by atoms with E-state index >= 15 is 0 Å². The first-order valence-electron chi connectivity index (χ1n) is 9.42. The van der Waals surface area contributed by atoms with Gasteiger partial charge < -0.3 is 34.6 Å². The summed E-state index contributed by atoms with van der Waals surface area (Å²) < 4.78 is 8.66. The van der Waals surface area contributed by atoms with E-state index in [1.807, 2.05) is 0 Å². The molecule has 5 fully saturated rings. The minimum Gasteiger partial charge on any atom is -0.790 e. The summed E-state index contributed by atoms with van der Waals surface area (Å²) >= 11 is 0. The van der Waals surface area contributed by atoms with E-state index in [0.717, 1.165) is 44.9 Å². The van der Waals surface area contributed by atoms with Gasteiger partial charge in [-0.15, -0.1) is 0 Å². The van der Waals surface area contributed by atoms with Crippen LogP contribution in [0.15, 0.2) is 0 Å². The maximum Gasteiger partial charge on any atom is 1.00 e. The van der Waals surface area contributed by atoms with Gasteiger partial charge in [0.05, 0.1) is 26.0 Å². The van der Waals surface area contributed by atoms with Crippen LogP contribution in [-0.4, -0.2) is 51.1 Å². The van der Waals surface area contributed by atoms with Crippen LogP contribution in [0.2, 0.25) is 0 Å². The van der Waals surface area contributed by atoms with Crippen LogP contribution in [0.1, 0.15) is 51.4 Å². The summed E-state index contributed by atoms with van der Waals surface area (Å²) in [5.41, 5.74) is -0.542. The Morgan fingerprint density at radius 1 is 1.29 bits per heavy atom. The maximum absolute atomic E-state index is 12.4. The van der Waals surface area contributed by atoms with Gasteiger partial charge >= 0.3 is 51.4 Å². The van der Waals surface area contributed by atoms with Crippen molar-refractivity contribution in [1.82, 2.24) is 10.2 Å². The second kappa shape index (κ2) is 9.41. The summed E-state index contributed by atoms with van der Waals surface area (Å²) in [5.74, 6) is 1.28. The van der Waals surface area contributed by atoms with Gasteiger partial charge in [0.25, 0.3) is 0 Å². The molecule has 3 N–H and O–H groups in total. The van der Waals surface area contributed by atoms with Crippen molar-refractivity contribution in [3.05, 3.63) is 0 Å². The fourth-order valence-electron chi connectivity index (χ4n) is 5.99. The second-order valence-corrected chi connectivity index (χ2v) is 9.60. The number of nitrogens with one attached hydrogen (secondary N) is 1. The number of aliphatic hydroxyl groups is 1. The normalized spacial score (nSPS) is 38.2. The number of likely N-dealkylation sites (tertiary alicyclic amines) is 1. The van der Waals surface area contributed by atoms with Crippen molar-refractivity contribution in [1.29, 1.82) is 5.26 Å². The Kier molecular flexibility index (Phi) is 8.36. The number of carbonyl (C=O) groups is 1. The van der Waals surface area contributed by atoms with Crippen molar-refractivity contribution in [2.45, 2.75) is 68.5 Å². The van der Waals surface area contributed by atoms with Crippen LogP contribution in [0.4, 0.5) is 0 Å². The molecular formula is C17H26KN3O6P-. The van der Waals surface area contributed by atoms with E-state index < -0.39 is 13.4 Å². The summed E-state index contributed by atoms with van der Waals surface area (Å²) in [7, 11) is -5.14. The standard InChI is InChI=1S/C17H25N3O2.K.H3O4P/c18-9-14-2-1-3-20(14)15(21)10-19-16-5-12-4-13(6-16)8-17(22,7-12)11-16;;1-5(2,3)4/h12-14,19,22H,1-8,10-11H2;;(H3,1,2,3,4)/q;+1;/p-2/t12?,13?,14-,16?,17?;;/m0../s1. The molecule has 1 amide bonds. The Morgan fingerprint density at radius 3 is 2.36 bits per heavy atom. The molecule has 0 radical (unpaired) electrons. The molecule has 4 aliphatic carbocycles. The number of nitriles is 1. The smallest absolute Gasteiger partial charge is 0.790 e. The Morgan fingerprint density at radius 2 is 1.86 bits per heavy atom. The molecule has 4 bridgehead atoms. The van der Waals surface area contributed by atoms with Gasteiger partial charge in [-0.2, -0.15) is 5.26 Å². The zero-order chi connectivity index (χ0) is 19.9. The molecule has 11 heteroatoms. The van der Waals surface area contributed by atoms with E-state index in [-0.39, 0.29) is 68.9 Å². The monoisotopic (exact) mass is 438 g/mol. The Hall–Kier alpha value is 0.626. The van der Waals surface area contributed by atoms with Crippen molar-refractivity contribution in [3.63, 3.8) is 0 Å². The second-order valence-electron chi connectivity index (χ2n) is 8.66. The number of phosphoric acid groups is 1. The topological polar surface area (TPSA) is 160 Å². The number of nitrogens with zero attached hydrogens (tertiary/aromatic N) is 2. The Bertz CT molecular complexity index is 658. The summed E-state index contributed by atoms with van der Waals surface area (Å²) in [5, 5.41) is 23.4. The fourth-order valence-corrected chi connectivity index (χ4v) is 5.99. The summed E-state index contributed by atoms with van der Waals surface area (Å²) in [6.07, 6.45) is 7.87. The molecule has 0 aromatic carbocycles. The van der Waals surface area contributed by atoms with Crippen LogP contribution >= 0.6 is 7.82 Å². The third kappa shape index (κ3) is 6.31. The summed E-state index contributed by atoms with van der Waals surface area (Å²) in [6.45, 7) is 1.02. The van der Waals surface area contributed by atoms with Crippen LogP contribution in [0.25, 0.3) is 0 Å². The average molecular weight is 438 g/mol. The van der Waals surface area contributed by atoms with Gasteiger partial charge in [-0.05, 0) is 63.2 Å². The first kappa shape index (κ1) is 24.9. The van der Waals surface area contributed by atoms with E-state index in [1.165, 1.54) is 6.42 Å². The van der Waals surface area contributed by atoms with Gasteiger partial charge in [0.2, 0.25) is 5.91 Å². The van der Waals surface area contributed by atoms with Gasteiger partial charge in [0, 0.05) is 12.1 Å². The minimum atomic E-state index is -5.14. The molecule has 0 aromatic rings. The zero-order valence-electron chi connectivity index (χ0n) is 16.2. The molecule has 1 heterocycles. The number of rotatable bonds is 3. The maximum atomic E-state index is 12.4. The summed E-state index contributed by atoms with van der Waals surface area (Å²) in [6, 6.07) is 1.99. The van der Waals surface area contributed by atoms with Gasteiger partial charge in [0.1, 0.15) is 6.04 Å². The van der Waals surface area contributed by atoms with Crippen LogP contribution in [0, 0.1) is 23.2 Å². The quantitative estimate of drug-likeness (QED) is 0.297. The number of carbonyl (C=O) groups excluding carboxylic acids is 1. The zero-order valence-corrected chi connectivity index (χ0v) is 20.2.